The highest BCUT2D eigenvalue weighted by atomic mass is 19.4. The van der Waals surface area contributed by atoms with Gasteiger partial charge in [-0.3, -0.25) is 4.79 Å². The Balaban J connectivity index is 3.40. The third-order valence-electron chi connectivity index (χ3n) is 7.77. The van der Waals surface area contributed by atoms with Gasteiger partial charge in [-0.15, -0.1) is 0 Å². The van der Waals surface area contributed by atoms with Crippen LogP contribution in [0.5, 0.6) is 0 Å². The third-order valence-corrected chi connectivity index (χ3v) is 7.77. The van der Waals surface area contributed by atoms with E-state index in [0.717, 1.165) is 57.8 Å². The molecule has 0 amide bonds. The molecule has 0 saturated heterocycles. The van der Waals surface area contributed by atoms with Gasteiger partial charge in [-0.05, 0) is 19.3 Å². The van der Waals surface area contributed by atoms with Crippen LogP contribution in [0.25, 0.3) is 0 Å². The molecule has 0 aliphatic carbocycles. The van der Waals surface area contributed by atoms with E-state index in [9.17, 15) is 23.1 Å². The summed E-state index contributed by atoms with van der Waals surface area (Å²) in [5.41, 5.74) is 0. The summed E-state index contributed by atoms with van der Waals surface area (Å²) >= 11 is 0. The van der Waals surface area contributed by atoms with Gasteiger partial charge in [0.05, 0.1) is 5.92 Å². The number of carboxylic acids is 1. The maximum Gasteiger partial charge on any atom is 0.389 e. The molecule has 1 atom stereocenters. The van der Waals surface area contributed by atoms with Crippen molar-refractivity contribution < 1.29 is 23.1 Å². The van der Waals surface area contributed by atoms with Gasteiger partial charge in [-0.2, -0.15) is 13.2 Å². The van der Waals surface area contributed by atoms with Gasteiger partial charge in [-0.25, -0.2) is 0 Å². The first-order chi connectivity index (χ1) is 17.9. The van der Waals surface area contributed by atoms with Gasteiger partial charge in [0.2, 0.25) is 0 Å². The summed E-state index contributed by atoms with van der Waals surface area (Å²) in [5.74, 6) is -0.896. The second-order valence-corrected chi connectivity index (χ2v) is 11.5. The highest BCUT2D eigenvalue weighted by Gasteiger charge is 2.25. The maximum absolute atomic E-state index is 12.1. The molecule has 0 rings (SSSR count). The van der Waals surface area contributed by atoms with Gasteiger partial charge in [-0.1, -0.05) is 161 Å². The molecule has 37 heavy (non-hydrogen) atoms. The molecule has 5 heteroatoms. The average molecular weight is 535 g/mol. The number of carboxylic acid groups (broad SMARTS) is 1. The summed E-state index contributed by atoms with van der Waals surface area (Å²) in [6.07, 6.45) is 26.5. The largest absolute Gasteiger partial charge is 0.481 e. The van der Waals surface area contributed by atoms with E-state index in [-0.39, 0.29) is 12.3 Å². The minimum atomic E-state index is -4.03. The van der Waals surface area contributed by atoms with E-state index in [2.05, 4.69) is 6.92 Å². The first-order valence-electron chi connectivity index (χ1n) is 16.2. The molecule has 0 radical (unpaired) electrons. The maximum atomic E-state index is 12.1. The molecule has 0 spiro atoms. The minimum absolute atomic E-state index is 0.226. The van der Waals surface area contributed by atoms with E-state index in [1.54, 1.807) is 0 Å². The monoisotopic (exact) mass is 534 g/mol. The quantitative estimate of drug-likeness (QED) is 0.0969. The standard InChI is InChI=1S/C32H61F3O2/c1-2-3-4-5-6-7-8-9-10-11-12-13-14-15-16-18-21-24-27-30(31(36)37)28-25-22-19-17-20-23-26-29-32(33,34)35/h30H,2-29H2,1H3,(H,36,37). The van der Waals surface area contributed by atoms with Crippen molar-refractivity contribution in [3.05, 3.63) is 0 Å². The van der Waals surface area contributed by atoms with Crippen molar-refractivity contribution >= 4 is 5.97 Å². The molecule has 1 unspecified atom stereocenters. The minimum Gasteiger partial charge on any atom is -0.481 e. The van der Waals surface area contributed by atoms with Crippen LogP contribution in [0.3, 0.4) is 0 Å². The normalized spacial score (nSPS) is 12.8. The van der Waals surface area contributed by atoms with Crippen LogP contribution in [0.4, 0.5) is 13.2 Å². The molecule has 0 bridgehead atoms. The smallest absolute Gasteiger partial charge is 0.389 e. The number of unbranched alkanes of at least 4 members (excludes halogenated alkanes) is 23. The predicted octanol–water partition coefficient (Wildman–Crippen LogP) is 12.2. The van der Waals surface area contributed by atoms with E-state index in [1.807, 2.05) is 0 Å². The van der Waals surface area contributed by atoms with E-state index in [4.69, 9.17) is 0 Å². The van der Waals surface area contributed by atoms with E-state index < -0.39 is 18.6 Å². The lowest BCUT2D eigenvalue weighted by atomic mass is 9.94. The SMILES string of the molecule is CCCCCCCCCCCCCCCCCCCCC(CCCCCCCCCC(F)(F)F)C(=O)O. The Labute approximate surface area is 228 Å². The highest BCUT2D eigenvalue weighted by Crippen LogP contribution is 2.24. The molecular weight excluding hydrogens is 473 g/mol. The number of halogens is 3. The van der Waals surface area contributed by atoms with Crippen LogP contribution >= 0.6 is 0 Å². The second kappa shape index (κ2) is 26.9. The van der Waals surface area contributed by atoms with Crippen LogP contribution in [0.2, 0.25) is 0 Å². The molecule has 0 aliphatic heterocycles. The Kier molecular flexibility index (Phi) is 26.3. The Hall–Kier alpha value is -0.740. The predicted molar refractivity (Wildman–Crippen MR) is 152 cm³/mol. The lowest BCUT2D eigenvalue weighted by molar-refractivity contribution is -0.142. The van der Waals surface area contributed by atoms with Crippen LogP contribution in [-0.4, -0.2) is 17.3 Å². The van der Waals surface area contributed by atoms with Crippen molar-refractivity contribution in [3.8, 4) is 0 Å². The van der Waals surface area contributed by atoms with Crippen molar-refractivity contribution in [1.29, 1.82) is 0 Å². The van der Waals surface area contributed by atoms with E-state index in [0.29, 0.717) is 6.42 Å². The number of hydrogen-bond donors (Lipinski definition) is 1. The molecule has 0 aromatic heterocycles. The van der Waals surface area contributed by atoms with Crippen LogP contribution in [0.1, 0.15) is 187 Å². The van der Waals surface area contributed by atoms with Gasteiger partial charge in [0.1, 0.15) is 0 Å². The molecule has 0 aliphatic rings. The molecule has 0 fully saturated rings. The Morgan fingerprint density at radius 2 is 0.784 bits per heavy atom. The zero-order valence-electron chi connectivity index (χ0n) is 24.4. The molecule has 0 aromatic rings. The fourth-order valence-electron chi connectivity index (χ4n) is 5.28. The van der Waals surface area contributed by atoms with Crippen molar-refractivity contribution in [2.45, 2.75) is 193 Å². The summed E-state index contributed by atoms with van der Waals surface area (Å²) in [7, 11) is 0. The number of hydrogen-bond acceptors (Lipinski definition) is 1. The summed E-state index contributed by atoms with van der Waals surface area (Å²) in [4.78, 5) is 11.5. The van der Waals surface area contributed by atoms with Crippen LogP contribution < -0.4 is 0 Å². The van der Waals surface area contributed by atoms with E-state index in [1.165, 1.54) is 103 Å². The Morgan fingerprint density at radius 3 is 1.05 bits per heavy atom. The number of alkyl halides is 3. The molecule has 0 aromatic carbocycles. The summed E-state index contributed by atoms with van der Waals surface area (Å²) in [6.45, 7) is 2.27. The Morgan fingerprint density at radius 1 is 0.514 bits per heavy atom. The van der Waals surface area contributed by atoms with Gasteiger partial charge < -0.3 is 5.11 Å². The molecular formula is C32H61F3O2. The highest BCUT2D eigenvalue weighted by molar-refractivity contribution is 5.69. The van der Waals surface area contributed by atoms with Gasteiger partial charge in [0.25, 0.3) is 0 Å². The van der Waals surface area contributed by atoms with Crippen LogP contribution in [-0.2, 0) is 4.79 Å². The second-order valence-electron chi connectivity index (χ2n) is 11.5. The van der Waals surface area contributed by atoms with Crippen LogP contribution in [0, 0.1) is 5.92 Å². The third kappa shape index (κ3) is 29.7. The number of rotatable bonds is 29. The van der Waals surface area contributed by atoms with Crippen molar-refractivity contribution in [2.24, 2.45) is 5.92 Å². The Bertz CT molecular complexity index is 479. The topological polar surface area (TPSA) is 37.3 Å². The van der Waals surface area contributed by atoms with Gasteiger partial charge in [0, 0.05) is 6.42 Å². The lowest BCUT2D eigenvalue weighted by Gasteiger charge is -2.12. The molecule has 0 heterocycles. The fourth-order valence-corrected chi connectivity index (χ4v) is 5.28. The summed E-state index contributed by atoms with van der Waals surface area (Å²) in [6, 6.07) is 0. The zero-order chi connectivity index (χ0) is 27.5. The number of carbonyl (C=O) groups is 1. The first kappa shape index (κ1) is 36.3. The summed E-state index contributed by atoms with van der Waals surface area (Å²) < 4.78 is 36.3. The first-order valence-corrected chi connectivity index (χ1v) is 16.2. The van der Waals surface area contributed by atoms with Crippen molar-refractivity contribution in [1.82, 2.24) is 0 Å². The zero-order valence-corrected chi connectivity index (χ0v) is 24.4. The molecule has 0 saturated carbocycles. The lowest BCUT2D eigenvalue weighted by Crippen LogP contribution is -2.13. The summed E-state index contributed by atoms with van der Waals surface area (Å²) in [5, 5.41) is 9.49. The van der Waals surface area contributed by atoms with Crippen molar-refractivity contribution in [3.63, 3.8) is 0 Å². The fraction of sp³-hybridized carbons (Fsp3) is 0.969. The van der Waals surface area contributed by atoms with Crippen molar-refractivity contribution in [2.75, 3.05) is 0 Å². The van der Waals surface area contributed by atoms with Gasteiger partial charge >= 0.3 is 12.1 Å². The molecule has 2 nitrogen and oxygen atoms in total. The molecule has 1 N–H and O–H groups in total. The van der Waals surface area contributed by atoms with E-state index >= 15 is 0 Å². The van der Waals surface area contributed by atoms with Gasteiger partial charge in [0.15, 0.2) is 0 Å². The average Bonchev–Trinajstić information content (AvgIpc) is 2.84. The molecule has 222 valence electrons. The number of aliphatic carboxylic acids is 1. The van der Waals surface area contributed by atoms with Crippen LogP contribution in [0.15, 0.2) is 0 Å².